The number of ether oxygens (including phenoxy) is 1. The van der Waals surface area contributed by atoms with Gasteiger partial charge in [0.2, 0.25) is 5.91 Å². The van der Waals surface area contributed by atoms with Gasteiger partial charge in [-0.3, -0.25) is 4.79 Å². The monoisotopic (exact) mass is 542 g/mol. The first kappa shape index (κ1) is 21.9. The third kappa shape index (κ3) is 5.86. The van der Waals surface area contributed by atoms with Gasteiger partial charge >= 0.3 is 0 Å². The van der Waals surface area contributed by atoms with E-state index in [2.05, 4.69) is 38.1 Å². The molecule has 0 radical (unpaired) electrons. The summed E-state index contributed by atoms with van der Waals surface area (Å²) >= 11 is 9.75. The van der Waals surface area contributed by atoms with Gasteiger partial charge in [0, 0.05) is 15.8 Å². The summed E-state index contributed by atoms with van der Waals surface area (Å²) in [5, 5.41) is 12.6. The fourth-order valence-corrected chi connectivity index (χ4v) is 4.00. The zero-order valence-corrected chi connectivity index (χ0v) is 19.7. The Kier molecular flexibility index (Phi) is 7.79. The quantitative estimate of drug-likeness (QED) is 0.304. The van der Waals surface area contributed by atoms with E-state index < -0.39 is 0 Å². The minimum Gasteiger partial charge on any atom is -0.481 e. The highest BCUT2D eigenvalue weighted by atomic mass is 127. The Hall–Kier alpha value is -1.78. The number of halogens is 2. The average Bonchev–Trinajstić information content (AvgIpc) is 3.13. The summed E-state index contributed by atoms with van der Waals surface area (Å²) in [6.45, 7) is 4.57. The number of nitrogens with zero attached hydrogens (tertiary/aromatic N) is 3. The predicted octanol–water partition coefficient (Wildman–Crippen LogP) is 5.43. The lowest BCUT2D eigenvalue weighted by Crippen LogP contribution is -2.15. The summed E-state index contributed by atoms with van der Waals surface area (Å²) in [7, 11) is 0. The Morgan fingerprint density at radius 1 is 1.24 bits per heavy atom. The Morgan fingerprint density at radius 3 is 2.66 bits per heavy atom. The van der Waals surface area contributed by atoms with Gasteiger partial charge in [-0.1, -0.05) is 35.5 Å². The van der Waals surface area contributed by atoms with Crippen LogP contribution in [-0.2, 0) is 11.3 Å². The Labute approximate surface area is 192 Å². The summed E-state index contributed by atoms with van der Waals surface area (Å²) in [5.41, 5.74) is 0.774. The Bertz CT molecular complexity index is 981. The van der Waals surface area contributed by atoms with Gasteiger partial charge < -0.3 is 14.6 Å². The molecule has 152 valence electrons. The molecule has 0 aliphatic carbocycles. The molecule has 0 aliphatic heterocycles. The molecule has 1 N–H and O–H groups in total. The van der Waals surface area contributed by atoms with Crippen molar-refractivity contribution >= 4 is 57.5 Å². The second-order valence-corrected chi connectivity index (χ2v) is 8.71. The SMILES string of the molecule is CCn1c(SCC(=O)Nc2ccc(I)cc2)nnc1[C@H](C)Oc1ccccc1Cl. The molecule has 0 aliphatic rings. The van der Waals surface area contributed by atoms with Crippen LogP contribution in [0.15, 0.2) is 53.7 Å². The molecule has 2 aromatic carbocycles. The van der Waals surface area contributed by atoms with Crippen molar-refractivity contribution in [3.8, 4) is 5.75 Å². The fraction of sp³-hybridized carbons (Fsp3) is 0.250. The predicted molar refractivity (Wildman–Crippen MR) is 125 cm³/mol. The summed E-state index contributed by atoms with van der Waals surface area (Å²) in [4.78, 5) is 12.3. The molecule has 1 atom stereocenters. The molecule has 3 rings (SSSR count). The number of amides is 1. The van der Waals surface area contributed by atoms with Crippen molar-refractivity contribution in [2.75, 3.05) is 11.1 Å². The average molecular weight is 543 g/mol. The number of rotatable bonds is 8. The standard InChI is InChI=1S/C20H20ClIN4O2S/c1-3-26-19(13(2)28-17-7-5-4-6-16(17)21)24-25-20(26)29-12-18(27)23-15-10-8-14(22)9-11-15/h4-11,13H,3,12H2,1-2H3,(H,23,27)/t13-/m0/s1. The van der Waals surface area contributed by atoms with Crippen molar-refractivity contribution in [3.05, 3.63) is 62.9 Å². The Morgan fingerprint density at radius 2 is 1.97 bits per heavy atom. The zero-order chi connectivity index (χ0) is 20.8. The first-order chi connectivity index (χ1) is 14.0. The fourth-order valence-electron chi connectivity index (χ4n) is 2.65. The van der Waals surface area contributed by atoms with Crippen molar-refractivity contribution in [2.24, 2.45) is 0 Å². The summed E-state index contributed by atoms with van der Waals surface area (Å²) in [6.07, 6.45) is -0.336. The van der Waals surface area contributed by atoms with E-state index in [1.807, 2.05) is 60.9 Å². The first-order valence-corrected chi connectivity index (χ1v) is 11.4. The largest absolute Gasteiger partial charge is 0.481 e. The Balaban J connectivity index is 1.63. The maximum atomic E-state index is 12.3. The number of aromatic nitrogens is 3. The second kappa shape index (κ2) is 10.3. The van der Waals surface area contributed by atoms with E-state index >= 15 is 0 Å². The van der Waals surface area contributed by atoms with E-state index in [9.17, 15) is 4.79 Å². The van der Waals surface area contributed by atoms with Crippen LogP contribution < -0.4 is 10.1 Å². The van der Waals surface area contributed by atoms with Crippen LogP contribution in [0, 0.1) is 3.57 Å². The van der Waals surface area contributed by atoms with Gasteiger partial charge in [-0.15, -0.1) is 10.2 Å². The lowest BCUT2D eigenvalue weighted by atomic mass is 10.3. The number of benzene rings is 2. The molecule has 29 heavy (non-hydrogen) atoms. The van der Waals surface area contributed by atoms with Crippen LogP contribution in [0.3, 0.4) is 0 Å². The number of para-hydroxylation sites is 1. The second-order valence-electron chi connectivity index (χ2n) is 6.12. The van der Waals surface area contributed by atoms with Crippen LogP contribution in [-0.4, -0.2) is 26.4 Å². The van der Waals surface area contributed by atoms with Crippen molar-refractivity contribution in [1.29, 1.82) is 0 Å². The maximum absolute atomic E-state index is 12.3. The number of anilines is 1. The molecule has 0 fully saturated rings. The minimum atomic E-state index is -0.336. The van der Waals surface area contributed by atoms with Crippen molar-refractivity contribution in [1.82, 2.24) is 14.8 Å². The molecule has 0 bridgehead atoms. The third-order valence-electron chi connectivity index (χ3n) is 4.03. The zero-order valence-electron chi connectivity index (χ0n) is 15.9. The molecule has 0 saturated heterocycles. The molecule has 0 unspecified atom stereocenters. The van der Waals surface area contributed by atoms with Gasteiger partial charge in [0.25, 0.3) is 0 Å². The van der Waals surface area contributed by atoms with Crippen molar-refractivity contribution in [2.45, 2.75) is 31.7 Å². The van der Waals surface area contributed by atoms with E-state index in [1.54, 1.807) is 6.07 Å². The number of thioether (sulfide) groups is 1. The topological polar surface area (TPSA) is 69.0 Å². The molecule has 3 aromatic rings. The number of hydrogen-bond acceptors (Lipinski definition) is 5. The van der Waals surface area contributed by atoms with Crippen molar-refractivity contribution < 1.29 is 9.53 Å². The summed E-state index contributed by atoms with van der Waals surface area (Å²) in [5.74, 6) is 1.43. The van der Waals surface area contributed by atoms with Gasteiger partial charge in [-0.05, 0) is 72.8 Å². The van der Waals surface area contributed by atoms with Gasteiger partial charge in [0.15, 0.2) is 17.1 Å². The highest BCUT2D eigenvalue weighted by Crippen LogP contribution is 2.29. The molecule has 9 heteroatoms. The van der Waals surface area contributed by atoms with Gasteiger partial charge in [-0.25, -0.2) is 0 Å². The third-order valence-corrected chi connectivity index (χ3v) is 6.02. The van der Waals surface area contributed by atoms with Crippen LogP contribution >= 0.6 is 46.0 Å². The normalized spacial score (nSPS) is 11.9. The van der Waals surface area contributed by atoms with Gasteiger partial charge in [0.1, 0.15) is 5.75 Å². The van der Waals surface area contributed by atoms with Crippen LogP contribution in [0.5, 0.6) is 5.75 Å². The number of carbonyl (C=O) groups excluding carboxylic acids is 1. The van der Waals surface area contributed by atoms with Crippen LogP contribution in [0.2, 0.25) is 5.02 Å². The maximum Gasteiger partial charge on any atom is 0.234 e. The highest BCUT2D eigenvalue weighted by molar-refractivity contribution is 14.1. The molecule has 1 aromatic heterocycles. The van der Waals surface area contributed by atoms with Crippen LogP contribution in [0.25, 0.3) is 0 Å². The summed E-state index contributed by atoms with van der Waals surface area (Å²) < 4.78 is 9.02. The van der Waals surface area contributed by atoms with Gasteiger partial charge in [-0.2, -0.15) is 0 Å². The van der Waals surface area contributed by atoms with E-state index in [0.717, 1.165) is 9.26 Å². The smallest absolute Gasteiger partial charge is 0.234 e. The van der Waals surface area contributed by atoms with Gasteiger partial charge in [0.05, 0.1) is 10.8 Å². The molecule has 6 nitrogen and oxygen atoms in total. The first-order valence-electron chi connectivity index (χ1n) is 9.00. The lowest BCUT2D eigenvalue weighted by molar-refractivity contribution is -0.113. The van der Waals surface area contributed by atoms with E-state index in [0.29, 0.717) is 28.3 Å². The molecule has 0 saturated carbocycles. The van der Waals surface area contributed by atoms with E-state index in [4.69, 9.17) is 16.3 Å². The highest BCUT2D eigenvalue weighted by Gasteiger charge is 2.20. The van der Waals surface area contributed by atoms with Crippen molar-refractivity contribution in [3.63, 3.8) is 0 Å². The lowest BCUT2D eigenvalue weighted by Gasteiger charge is -2.16. The van der Waals surface area contributed by atoms with Crippen LogP contribution in [0.4, 0.5) is 5.69 Å². The minimum absolute atomic E-state index is 0.0937. The molecule has 0 spiro atoms. The molecule has 1 amide bonds. The van der Waals surface area contributed by atoms with E-state index in [1.165, 1.54) is 11.8 Å². The number of nitrogens with one attached hydrogen (secondary N) is 1. The molecular formula is C20H20ClIN4O2S. The van der Waals surface area contributed by atoms with Crippen LogP contribution in [0.1, 0.15) is 25.8 Å². The number of hydrogen-bond donors (Lipinski definition) is 1. The summed E-state index contributed by atoms with van der Waals surface area (Å²) in [6, 6.07) is 15.0. The number of carbonyl (C=O) groups is 1. The van der Waals surface area contributed by atoms with E-state index in [-0.39, 0.29) is 17.8 Å². The molecule has 1 heterocycles. The molecular weight excluding hydrogens is 523 g/mol.